The molecule has 0 aromatic heterocycles. The summed E-state index contributed by atoms with van der Waals surface area (Å²) in [6.45, 7) is 4.30. The lowest BCUT2D eigenvalue weighted by atomic mass is 10.0. The van der Waals surface area contributed by atoms with Gasteiger partial charge in [-0.05, 0) is 38.5 Å². The SMILES string of the molecule is CCCCCCCCCCCCC/C=C/C=C/C(=O)OC[C@H](COP(=O)(O)OCC[N+](C)(C)C)OC(=O)CCC/C=C/CCCCCCCCCCCCCCCCCCCC. The molecule has 1 N–H and O–H groups in total. The summed E-state index contributed by atoms with van der Waals surface area (Å²) < 4.78 is 34.2. The Morgan fingerprint density at radius 2 is 0.935 bits per heavy atom. The highest BCUT2D eigenvalue weighted by Gasteiger charge is 2.27. The van der Waals surface area contributed by atoms with Crippen LogP contribution in [-0.4, -0.2) is 74.9 Å². The number of phosphoric acid groups is 1. The standard InChI is InChI=1S/C52H98NO8P/c1-6-8-10-12-14-16-18-20-22-23-24-25-26-27-28-29-31-33-35-37-39-41-43-45-52(55)61-50(49-60-62(56,57)59-47-46-53(3,4)5)48-58-51(54)44-42-40-38-36-34-32-30-21-19-17-15-13-11-9-7-2/h37-40,42,44,50H,6-36,41,43,45-49H2,1-5H3/p+1/b39-37+,40-38+,44-42+/t50-/m1/s1. The highest BCUT2D eigenvalue weighted by atomic mass is 31.2. The third kappa shape index (κ3) is 47.7. The zero-order valence-corrected chi connectivity index (χ0v) is 42.0. The van der Waals surface area contributed by atoms with E-state index >= 15 is 0 Å². The Morgan fingerprint density at radius 3 is 1.37 bits per heavy atom. The number of carbonyl (C=O) groups is 2. The fourth-order valence-corrected chi connectivity index (χ4v) is 7.97. The van der Waals surface area contributed by atoms with Crippen LogP contribution in [-0.2, 0) is 32.7 Å². The van der Waals surface area contributed by atoms with E-state index in [9.17, 15) is 19.0 Å². The highest BCUT2D eigenvalue weighted by Crippen LogP contribution is 2.43. The van der Waals surface area contributed by atoms with Crippen molar-refractivity contribution in [2.75, 3.05) is 47.5 Å². The van der Waals surface area contributed by atoms with Gasteiger partial charge in [-0.2, -0.15) is 0 Å². The molecular formula is C52H99NO8P+. The van der Waals surface area contributed by atoms with Crippen LogP contribution in [0.1, 0.15) is 232 Å². The van der Waals surface area contributed by atoms with Crippen LogP contribution < -0.4 is 0 Å². The third-order valence-corrected chi connectivity index (χ3v) is 12.2. The predicted octanol–water partition coefficient (Wildman–Crippen LogP) is 15.3. The van der Waals surface area contributed by atoms with Gasteiger partial charge in [0.25, 0.3) is 0 Å². The number of likely N-dealkylation sites (N-methyl/N-ethyl adjacent to an activating group) is 1. The fraction of sp³-hybridized carbons (Fsp3) is 0.846. The van der Waals surface area contributed by atoms with Crippen LogP contribution >= 0.6 is 7.82 Å². The summed E-state index contributed by atoms with van der Waals surface area (Å²) in [5.41, 5.74) is 0. The second kappa shape index (κ2) is 44.4. The molecule has 2 atom stereocenters. The van der Waals surface area contributed by atoms with Crippen molar-refractivity contribution in [3.8, 4) is 0 Å². The summed E-state index contributed by atoms with van der Waals surface area (Å²) in [4.78, 5) is 35.3. The maximum atomic E-state index is 12.7. The van der Waals surface area contributed by atoms with E-state index in [1.54, 1.807) is 6.08 Å². The molecule has 10 heteroatoms. The van der Waals surface area contributed by atoms with Crippen LogP contribution in [0.4, 0.5) is 0 Å². The van der Waals surface area contributed by atoms with Gasteiger partial charge in [0.2, 0.25) is 0 Å². The molecule has 0 aliphatic heterocycles. The molecule has 0 rings (SSSR count). The van der Waals surface area contributed by atoms with E-state index in [1.165, 1.54) is 186 Å². The van der Waals surface area contributed by atoms with Crippen molar-refractivity contribution in [1.29, 1.82) is 0 Å². The average molecular weight is 897 g/mol. The summed E-state index contributed by atoms with van der Waals surface area (Å²) in [5, 5.41) is 0. The van der Waals surface area contributed by atoms with Gasteiger partial charge < -0.3 is 18.9 Å². The van der Waals surface area contributed by atoms with Crippen LogP contribution in [0.2, 0.25) is 0 Å². The normalized spacial score (nSPS) is 13.7. The van der Waals surface area contributed by atoms with Gasteiger partial charge in [0, 0.05) is 12.5 Å². The first-order chi connectivity index (χ1) is 30.0. The molecule has 0 aliphatic rings. The van der Waals surface area contributed by atoms with Crippen molar-refractivity contribution in [1.82, 2.24) is 0 Å². The fourth-order valence-electron chi connectivity index (χ4n) is 7.23. The Morgan fingerprint density at radius 1 is 0.532 bits per heavy atom. The van der Waals surface area contributed by atoms with Gasteiger partial charge in [-0.1, -0.05) is 218 Å². The Hall–Kier alpha value is -1.77. The van der Waals surface area contributed by atoms with E-state index in [4.69, 9.17) is 18.5 Å². The molecule has 0 amide bonds. The molecule has 0 spiro atoms. The lowest BCUT2D eigenvalue weighted by molar-refractivity contribution is -0.870. The molecule has 364 valence electrons. The van der Waals surface area contributed by atoms with Crippen LogP contribution in [0.15, 0.2) is 36.5 Å². The second-order valence-corrected chi connectivity index (χ2v) is 20.1. The Kier molecular flexibility index (Phi) is 43.2. The van der Waals surface area contributed by atoms with E-state index in [0.29, 0.717) is 17.4 Å². The summed E-state index contributed by atoms with van der Waals surface area (Å²) in [6, 6.07) is 0. The highest BCUT2D eigenvalue weighted by molar-refractivity contribution is 7.47. The molecule has 0 aromatic rings. The van der Waals surface area contributed by atoms with Crippen molar-refractivity contribution in [3.63, 3.8) is 0 Å². The van der Waals surface area contributed by atoms with Gasteiger partial charge in [-0.25, -0.2) is 9.36 Å². The Balaban J connectivity index is 4.31. The van der Waals surface area contributed by atoms with Crippen molar-refractivity contribution in [3.05, 3.63) is 36.5 Å². The lowest BCUT2D eigenvalue weighted by Gasteiger charge is -2.24. The maximum Gasteiger partial charge on any atom is 0.472 e. The van der Waals surface area contributed by atoms with Crippen molar-refractivity contribution >= 4 is 19.8 Å². The number of ether oxygens (including phenoxy) is 2. The molecule has 0 bridgehead atoms. The van der Waals surface area contributed by atoms with Crippen LogP contribution in [0, 0.1) is 0 Å². The maximum absolute atomic E-state index is 12.7. The molecule has 0 saturated heterocycles. The first-order valence-electron chi connectivity index (χ1n) is 25.8. The number of esters is 2. The minimum absolute atomic E-state index is 0.0152. The first-order valence-corrected chi connectivity index (χ1v) is 27.3. The summed E-state index contributed by atoms with van der Waals surface area (Å²) >= 11 is 0. The number of quaternary nitrogens is 1. The van der Waals surface area contributed by atoms with Crippen LogP contribution in [0.25, 0.3) is 0 Å². The molecule has 0 radical (unpaired) electrons. The largest absolute Gasteiger partial charge is 0.472 e. The molecule has 0 saturated carbocycles. The quantitative estimate of drug-likeness (QED) is 0.0122. The van der Waals surface area contributed by atoms with E-state index < -0.39 is 32.5 Å². The number of allylic oxidation sites excluding steroid dienone is 5. The number of hydrogen-bond acceptors (Lipinski definition) is 7. The number of hydrogen-bond donors (Lipinski definition) is 1. The predicted molar refractivity (Wildman–Crippen MR) is 261 cm³/mol. The van der Waals surface area contributed by atoms with Gasteiger partial charge in [0.15, 0.2) is 6.10 Å². The summed E-state index contributed by atoms with van der Waals surface area (Å²) in [5.74, 6) is -1.08. The first kappa shape index (κ1) is 60.2. The molecule has 0 fully saturated rings. The Labute approximate surface area is 382 Å². The minimum Gasteiger partial charge on any atom is -0.458 e. The second-order valence-electron chi connectivity index (χ2n) is 18.6. The number of phosphoric ester groups is 1. The van der Waals surface area contributed by atoms with E-state index in [-0.39, 0.29) is 19.6 Å². The number of nitrogens with zero attached hydrogens (tertiary/aromatic N) is 1. The van der Waals surface area contributed by atoms with Crippen molar-refractivity contribution in [2.24, 2.45) is 0 Å². The lowest BCUT2D eigenvalue weighted by Crippen LogP contribution is -2.37. The molecule has 0 aliphatic carbocycles. The Bertz CT molecular complexity index is 1150. The van der Waals surface area contributed by atoms with Gasteiger partial charge >= 0.3 is 19.8 Å². The van der Waals surface area contributed by atoms with Crippen LogP contribution in [0.5, 0.6) is 0 Å². The zero-order valence-electron chi connectivity index (χ0n) is 41.1. The summed E-state index contributed by atoms with van der Waals surface area (Å²) in [7, 11) is 1.42. The average Bonchev–Trinajstić information content (AvgIpc) is 3.23. The number of rotatable bonds is 47. The third-order valence-electron chi connectivity index (χ3n) is 11.2. The molecule has 1 unspecified atom stereocenters. The van der Waals surface area contributed by atoms with Gasteiger partial charge in [-0.3, -0.25) is 13.8 Å². The van der Waals surface area contributed by atoms with Crippen molar-refractivity contribution < 1.29 is 42.1 Å². The van der Waals surface area contributed by atoms with E-state index in [2.05, 4.69) is 26.0 Å². The van der Waals surface area contributed by atoms with Gasteiger partial charge in [-0.15, -0.1) is 0 Å². The molecule has 0 aromatic carbocycles. The molecule has 62 heavy (non-hydrogen) atoms. The monoisotopic (exact) mass is 897 g/mol. The van der Waals surface area contributed by atoms with E-state index in [0.717, 1.165) is 25.7 Å². The smallest absolute Gasteiger partial charge is 0.458 e. The molecular weight excluding hydrogens is 798 g/mol. The van der Waals surface area contributed by atoms with Crippen LogP contribution in [0.3, 0.4) is 0 Å². The summed E-state index contributed by atoms with van der Waals surface area (Å²) in [6.07, 6.45) is 52.8. The zero-order chi connectivity index (χ0) is 45.7. The molecule has 9 nitrogen and oxygen atoms in total. The minimum atomic E-state index is -4.40. The van der Waals surface area contributed by atoms with Crippen molar-refractivity contribution in [2.45, 2.75) is 238 Å². The van der Waals surface area contributed by atoms with Gasteiger partial charge in [0.05, 0.1) is 27.7 Å². The molecule has 0 heterocycles. The topological polar surface area (TPSA) is 108 Å². The van der Waals surface area contributed by atoms with E-state index in [1.807, 2.05) is 33.3 Å². The number of unbranched alkanes of at least 4 members (excludes halogenated alkanes) is 30. The van der Waals surface area contributed by atoms with Gasteiger partial charge in [0.1, 0.15) is 19.8 Å². The number of carbonyl (C=O) groups excluding carboxylic acids is 2.